The van der Waals surface area contributed by atoms with E-state index >= 15 is 0 Å². The van der Waals surface area contributed by atoms with Gasteiger partial charge in [-0.1, -0.05) is 12.1 Å². The van der Waals surface area contributed by atoms with Crippen LogP contribution in [-0.4, -0.2) is 50.2 Å². The van der Waals surface area contributed by atoms with Gasteiger partial charge in [0.2, 0.25) is 5.91 Å². The summed E-state index contributed by atoms with van der Waals surface area (Å²) in [5.41, 5.74) is 2.13. The number of morpholine rings is 1. The number of amides is 1. The summed E-state index contributed by atoms with van der Waals surface area (Å²) in [6.45, 7) is 3.91. The predicted molar refractivity (Wildman–Crippen MR) is 105 cm³/mol. The Kier molecular flexibility index (Phi) is 9.06. The third kappa shape index (κ3) is 7.15. The molecule has 1 aromatic carbocycles. The van der Waals surface area contributed by atoms with Crippen molar-refractivity contribution in [1.82, 2.24) is 5.32 Å². The molecular weight excluding hydrogens is 360 g/mol. The van der Waals surface area contributed by atoms with E-state index in [4.69, 9.17) is 9.47 Å². The zero-order valence-corrected chi connectivity index (χ0v) is 16.0. The maximum Gasteiger partial charge on any atom is 0.226 e. The fraction of sp³-hybridized carbons (Fsp3) is 0.611. The van der Waals surface area contributed by atoms with Crippen molar-refractivity contribution in [1.29, 1.82) is 0 Å². The molecule has 5 nitrogen and oxygen atoms in total. The van der Waals surface area contributed by atoms with E-state index in [-0.39, 0.29) is 24.4 Å². The summed E-state index contributed by atoms with van der Waals surface area (Å²) < 4.78 is 10.8. The van der Waals surface area contributed by atoms with Crippen molar-refractivity contribution in [2.45, 2.75) is 36.3 Å². The van der Waals surface area contributed by atoms with Gasteiger partial charge in [0.05, 0.1) is 13.2 Å². The molecule has 1 amide bonds. The molecule has 140 valence electrons. The Morgan fingerprint density at radius 2 is 2.08 bits per heavy atom. The minimum atomic E-state index is 0. The van der Waals surface area contributed by atoms with Gasteiger partial charge >= 0.3 is 0 Å². The minimum absolute atomic E-state index is 0. The number of ether oxygens (including phenoxy) is 2. The summed E-state index contributed by atoms with van der Waals surface area (Å²) in [4.78, 5) is 12.2. The Bertz CT molecular complexity index is 535. The highest BCUT2D eigenvalue weighted by Crippen LogP contribution is 2.26. The highest BCUT2D eigenvalue weighted by Gasteiger charge is 2.17. The zero-order chi connectivity index (χ0) is 16.6. The minimum Gasteiger partial charge on any atom is -0.381 e. The molecule has 2 aliphatic rings. The third-order valence-electron chi connectivity index (χ3n) is 4.30. The van der Waals surface area contributed by atoms with Crippen molar-refractivity contribution in [3.63, 3.8) is 0 Å². The Hall–Kier alpha value is -0.790. The van der Waals surface area contributed by atoms with E-state index in [0.717, 1.165) is 50.6 Å². The molecule has 2 heterocycles. The van der Waals surface area contributed by atoms with Crippen molar-refractivity contribution in [2.75, 3.05) is 38.3 Å². The highest BCUT2D eigenvalue weighted by molar-refractivity contribution is 7.99. The molecule has 0 saturated carbocycles. The standard InChI is InChI=1S/C18H26N2O3S.ClH/c21-18(11-16-12-23-9-6-19-16)20-15-3-1-2-14(10-15)13-24-17-4-7-22-8-5-17;/h1-3,10,16-17,19H,4-9,11-13H2,(H,20,21);1H. The largest absolute Gasteiger partial charge is 0.381 e. The van der Waals surface area contributed by atoms with Crippen LogP contribution in [0.2, 0.25) is 0 Å². The average Bonchev–Trinajstić information content (AvgIpc) is 2.62. The van der Waals surface area contributed by atoms with Crippen molar-refractivity contribution in [3.8, 4) is 0 Å². The third-order valence-corrected chi connectivity index (χ3v) is 5.74. The highest BCUT2D eigenvalue weighted by atomic mass is 35.5. The maximum atomic E-state index is 12.2. The molecule has 2 N–H and O–H groups in total. The van der Waals surface area contributed by atoms with Crippen molar-refractivity contribution in [2.24, 2.45) is 0 Å². The lowest BCUT2D eigenvalue weighted by Crippen LogP contribution is -2.43. The van der Waals surface area contributed by atoms with Gasteiger partial charge in [0.1, 0.15) is 0 Å². The first kappa shape index (κ1) is 20.5. The molecule has 0 aliphatic carbocycles. The summed E-state index contributed by atoms with van der Waals surface area (Å²) in [7, 11) is 0. The van der Waals surface area contributed by atoms with Crippen LogP contribution in [0.1, 0.15) is 24.8 Å². The molecular formula is C18H27ClN2O3S. The number of nitrogens with one attached hydrogen (secondary N) is 2. The summed E-state index contributed by atoms with van der Waals surface area (Å²) >= 11 is 1.99. The van der Waals surface area contributed by atoms with Gasteiger partial charge in [-0.3, -0.25) is 4.79 Å². The zero-order valence-electron chi connectivity index (χ0n) is 14.4. The van der Waals surface area contributed by atoms with Crippen LogP contribution < -0.4 is 10.6 Å². The number of anilines is 1. The van der Waals surface area contributed by atoms with Crippen LogP contribution in [0.15, 0.2) is 24.3 Å². The molecule has 25 heavy (non-hydrogen) atoms. The van der Waals surface area contributed by atoms with E-state index in [0.29, 0.717) is 18.3 Å². The van der Waals surface area contributed by atoms with Crippen LogP contribution in [0.4, 0.5) is 5.69 Å². The van der Waals surface area contributed by atoms with Crippen LogP contribution in [0.3, 0.4) is 0 Å². The number of hydrogen-bond donors (Lipinski definition) is 2. The van der Waals surface area contributed by atoms with Gasteiger partial charge in [-0.05, 0) is 30.5 Å². The normalized spacial score (nSPS) is 21.4. The second-order valence-electron chi connectivity index (χ2n) is 6.30. The number of thioether (sulfide) groups is 1. The molecule has 1 unspecified atom stereocenters. The van der Waals surface area contributed by atoms with Crippen LogP contribution in [0.25, 0.3) is 0 Å². The van der Waals surface area contributed by atoms with E-state index in [1.54, 1.807) is 0 Å². The molecule has 0 bridgehead atoms. The second-order valence-corrected chi connectivity index (χ2v) is 7.59. The number of carbonyl (C=O) groups excluding carboxylic acids is 1. The van der Waals surface area contributed by atoms with E-state index in [2.05, 4.69) is 22.8 Å². The van der Waals surface area contributed by atoms with Crippen LogP contribution in [0, 0.1) is 0 Å². The second kappa shape index (κ2) is 11.0. The van der Waals surface area contributed by atoms with Gasteiger partial charge in [-0.15, -0.1) is 12.4 Å². The van der Waals surface area contributed by atoms with Crippen LogP contribution >= 0.6 is 24.2 Å². The predicted octanol–water partition coefficient (Wildman–Crippen LogP) is 2.84. The summed E-state index contributed by atoms with van der Waals surface area (Å²) in [5.74, 6) is 1.01. The Balaban J connectivity index is 0.00000225. The Labute approximate surface area is 160 Å². The number of halogens is 1. The lowest BCUT2D eigenvalue weighted by molar-refractivity contribution is -0.117. The first-order valence-corrected chi connectivity index (χ1v) is 9.74. The number of benzene rings is 1. The number of hydrogen-bond acceptors (Lipinski definition) is 5. The SMILES string of the molecule is Cl.O=C(CC1COCCN1)Nc1cccc(CSC2CCOCC2)c1. The fourth-order valence-corrected chi connectivity index (χ4v) is 4.12. The molecule has 0 aromatic heterocycles. The Morgan fingerprint density at radius 1 is 1.24 bits per heavy atom. The topological polar surface area (TPSA) is 59.6 Å². The van der Waals surface area contributed by atoms with Crippen molar-refractivity contribution in [3.05, 3.63) is 29.8 Å². The number of rotatable bonds is 6. The van der Waals surface area contributed by atoms with E-state index < -0.39 is 0 Å². The molecule has 3 rings (SSSR count). The summed E-state index contributed by atoms with van der Waals surface area (Å²) in [5, 5.41) is 7.00. The van der Waals surface area contributed by atoms with Crippen molar-refractivity contribution >= 4 is 35.8 Å². The monoisotopic (exact) mass is 386 g/mol. The summed E-state index contributed by atoms with van der Waals surface area (Å²) in [6.07, 6.45) is 2.72. The van der Waals surface area contributed by atoms with E-state index in [9.17, 15) is 4.79 Å². The molecule has 1 atom stereocenters. The van der Waals surface area contributed by atoms with Gasteiger partial charge < -0.3 is 20.1 Å². The molecule has 0 radical (unpaired) electrons. The Morgan fingerprint density at radius 3 is 2.84 bits per heavy atom. The molecule has 2 fully saturated rings. The van der Waals surface area contributed by atoms with E-state index in [1.165, 1.54) is 5.56 Å². The van der Waals surface area contributed by atoms with Crippen LogP contribution in [-0.2, 0) is 20.0 Å². The average molecular weight is 387 g/mol. The fourth-order valence-electron chi connectivity index (χ4n) is 2.98. The first-order chi connectivity index (χ1) is 11.8. The lowest BCUT2D eigenvalue weighted by Gasteiger charge is -2.23. The van der Waals surface area contributed by atoms with Gasteiger partial charge in [0, 0.05) is 48.9 Å². The van der Waals surface area contributed by atoms with Gasteiger partial charge in [0.15, 0.2) is 0 Å². The molecule has 7 heteroatoms. The van der Waals surface area contributed by atoms with E-state index in [1.807, 2.05) is 23.9 Å². The van der Waals surface area contributed by atoms with Gasteiger partial charge in [-0.2, -0.15) is 11.8 Å². The quantitative estimate of drug-likeness (QED) is 0.787. The lowest BCUT2D eigenvalue weighted by atomic mass is 10.1. The first-order valence-electron chi connectivity index (χ1n) is 8.69. The van der Waals surface area contributed by atoms with Crippen molar-refractivity contribution < 1.29 is 14.3 Å². The van der Waals surface area contributed by atoms with Gasteiger partial charge in [-0.25, -0.2) is 0 Å². The number of carbonyl (C=O) groups is 1. The molecule has 2 aliphatic heterocycles. The maximum absolute atomic E-state index is 12.2. The molecule has 2 saturated heterocycles. The van der Waals surface area contributed by atoms with Crippen LogP contribution in [0.5, 0.6) is 0 Å². The smallest absolute Gasteiger partial charge is 0.226 e. The summed E-state index contributed by atoms with van der Waals surface area (Å²) in [6, 6.07) is 8.28. The molecule has 1 aromatic rings. The molecule has 0 spiro atoms. The van der Waals surface area contributed by atoms with Gasteiger partial charge in [0.25, 0.3) is 0 Å².